The summed E-state index contributed by atoms with van der Waals surface area (Å²) in [5.74, 6) is -2.15. The van der Waals surface area contributed by atoms with Crippen molar-refractivity contribution in [2.45, 2.75) is 335 Å². The molecule has 0 radical (unpaired) electrons. The van der Waals surface area contributed by atoms with E-state index in [-0.39, 0.29) is 25.7 Å². The van der Waals surface area contributed by atoms with Crippen LogP contribution in [0.15, 0.2) is 0 Å². The van der Waals surface area contributed by atoms with E-state index in [2.05, 4.69) is 27.7 Å². The molecule has 0 amide bonds. The van der Waals surface area contributed by atoms with Gasteiger partial charge in [-0.2, -0.15) is 0 Å². The molecule has 5 atom stereocenters. The highest BCUT2D eigenvalue weighted by molar-refractivity contribution is 7.47. The van der Waals surface area contributed by atoms with Gasteiger partial charge in [0.15, 0.2) is 12.2 Å². The summed E-state index contributed by atoms with van der Waals surface area (Å²) in [6, 6.07) is 0. The Morgan fingerprint density at radius 1 is 0.296 bits per heavy atom. The summed E-state index contributed by atoms with van der Waals surface area (Å²) in [6.45, 7) is 4.78. The lowest BCUT2D eigenvalue weighted by molar-refractivity contribution is -0.161. The number of rotatable bonds is 63. The average Bonchev–Trinajstić information content (AvgIpc) is 3.44. The maximum atomic E-state index is 12.9. The topological polar surface area (TPSA) is 237 Å². The number of hydrogen-bond donors (Lipinski definition) is 3. The molecule has 0 aliphatic carbocycles. The van der Waals surface area contributed by atoms with Crippen LogP contribution in [0.25, 0.3) is 0 Å². The molecule has 0 heterocycles. The molecule has 0 aromatic heterocycles. The number of ether oxygens (including phenoxy) is 4. The van der Waals surface area contributed by atoms with Crippen LogP contribution < -0.4 is 0 Å². The lowest BCUT2D eigenvalue weighted by Gasteiger charge is -2.21. The molecule has 0 saturated heterocycles. The van der Waals surface area contributed by atoms with E-state index in [9.17, 15) is 43.2 Å². The van der Waals surface area contributed by atoms with Crippen LogP contribution in [0, 0.1) is 0 Å². The second-order valence-corrected chi connectivity index (χ2v) is 25.4. The summed E-state index contributed by atoms with van der Waals surface area (Å²) >= 11 is 0. The van der Waals surface area contributed by atoms with Crippen molar-refractivity contribution in [3.05, 3.63) is 0 Å². The zero-order chi connectivity index (χ0) is 59.8. The van der Waals surface area contributed by atoms with E-state index in [1.165, 1.54) is 141 Å². The van der Waals surface area contributed by atoms with Crippen LogP contribution in [0.4, 0.5) is 0 Å². The van der Waals surface area contributed by atoms with Crippen molar-refractivity contribution < 1.29 is 80.2 Å². The van der Waals surface area contributed by atoms with Crippen LogP contribution in [0.2, 0.25) is 0 Å². The van der Waals surface area contributed by atoms with Crippen LogP contribution in [0.5, 0.6) is 0 Å². The van der Waals surface area contributed by atoms with Gasteiger partial charge in [0.05, 0.1) is 26.4 Å². The van der Waals surface area contributed by atoms with Gasteiger partial charge in [0.1, 0.15) is 19.3 Å². The molecule has 0 rings (SSSR count). The van der Waals surface area contributed by atoms with Crippen molar-refractivity contribution >= 4 is 39.5 Å². The van der Waals surface area contributed by atoms with Gasteiger partial charge in [0, 0.05) is 25.7 Å². The van der Waals surface area contributed by atoms with Gasteiger partial charge in [-0.25, -0.2) is 9.13 Å². The van der Waals surface area contributed by atoms with E-state index in [0.29, 0.717) is 25.7 Å². The number of aliphatic hydroxyl groups excluding tert-OH is 1. The Bertz CT molecular complexity index is 1570. The summed E-state index contributed by atoms with van der Waals surface area (Å²) in [4.78, 5) is 71.8. The first-order valence-electron chi connectivity index (χ1n) is 32.8. The van der Waals surface area contributed by atoms with Gasteiger partial charge >= 0.3 is 39.5 Å². The van der Waals surface area contributed by atoms with Gasteiger partial charge in [-0.3, -0.25) is 37.3 Å². The molecular weight excluding hydrogens is 1080 g/mol. The summed E-state index contributed by atoms with van der Waals surface area (Å²) in [6.07, 6.45) is 42.0. The number of esters is 4. The quantitative estimate of drug-likeness (QED) is 0.0222. The minimum absolute atomic E-state index is 0.105. The Morgan fingerprint density at radius 3 is 0.728 bits per heavy atom. The zero-order valence-corrected chi connectivity index (χ0v) is 53.5. The molecule has 0 aliphatic rings. The third-order valence-electron chi connectivity index (χ3n) is 14.4. The molecule has 17 nitrogen and oxygen atoms in total. The highest BCUT2D eigenvalue weighted by Crippen LogP contribution is 2.45. The third kappa shape index (κ3) is 56.9. The van der Waals surface area contributed by atoms with E-state index in [4.69, 9.17) is 37.0 Å². The molecule has 81 heavy (non-hydrogen) atoms. The second-order valence-electron chi connectivity index (χ2n) is 22.4. The van der Waals surface area contributed by atoms with Crippen molar-refractivity contribution in [3.8, 4) is 0 Å². The second kappa shape index (κ2) is 57.2. The van der Waals surface area contributed by atoms with Gasteiger partial charge < -0.3 is 33.8 Å². The number of hydrogen-bond acceptors (Lipinski definition) is 15. The molecule has 0 aromatic carbocycles. The first-order chi connectivity index (χ1) is 39.2. The molecule has 0 aliphatic heterocycles. The minimum atomic E-state index is -4.94. The van der Waals surface area contributed by atoms with Crippen molar-refractivity contribution in [1.82, 2.24) is 0 Å². The SMILES string of the molecule is CCCCCCCCCCCCCCCCCCC(=O)O[C@H](COC(=O)CCCCCCCCCCCCC)COP(=O)(O)OC[C@@H](O)COP(=O)(O)OC[C@@H](COC(=O)CCCCCCC)OC(=O)CCCCCCCCCCC. The number of carbonyl (C=O) groups excluding carboxylic acids is 4. The van der Waals surface area contributed by atoms with Gasteiger partial charge in [0.25, 0.3) is 0 Å². The highest BCUT2D eigenvalue weighted by Gasteiger charge is 2.30. The maximum absolute atomic E-state index is 12.9. The maximum Gasteiger partial charge on any atom is 0.472 e. The van der Waals surface area contributed by atoms with Crippen LogP contribution >= 0.6 is 15.6 Å². The molecule has 0 fully saturated rings. The molecule has 2 unspecified atom stereocenters. The molecule has 0 spiro atoms. The number of unbranched alkanes of at least 4 members (excludes halogenated alkanes) is 37. The molecule has 3 N–H and O–H groups in total. The Hall–Kier alpha value is -1.94. The Labute approximate surface area is 492 Å². The number of phosphoric ester groups is 2. The van der Waals surface area contributed by atoms with Gasteiger partial charge in [0.2, 0.25) is 0 Å². The van der Waals surface area contributed by atoms with E-state index in [1.807, 2.05) is 0 Å². The lowest BCUT2D eigenvalue weighted by atomic mass is 10.0. The number of carbonyl (C=O) groups is 4. The molecule has 0 aromatic rings. The Balaban J connectivity index is 5.15. The monoisotopic (exact) mass is 1200 g/mol. The smallest absolute Gasteiger partial charge is 0.462 e. The van der Waals surface area contributed by atoms with Crippen molar-refractivity contribution in [1.29, 1.82) is 0 Å². The fourth-order valence-electron chi connectivity index (χ4n) is 9.28. The number of aliphatic hydroxyl groups is 1. The van der Waals surface area contributed by atoms with Crippen LogP contribution in [-0.2, 0) is 65.4 Å². The lowest BCUT2D eigenvalue weighted by Crippen LogP contribution is -2.30. The molecule has 480 valence electrons. The summed E-state index contributed by atoms with van der Waals surface area (Å²) in [5.41, 5.74) is 0. The van der Waals surface area contributed by atoms with Gasteiger partial charge in [-0.15, -0.1) is 0 Å². The molecule has 0 saturated carbocycles. The van der Waals surface area contributed by atoms with Crippen LogP contribution in [0.1, 0.15) is 317 Å². The predicted octanol–water partition coefficient (Wildman–Crippen LogP) is 17.2. The van der Waals surface area contributed by atoms with Crippen LogP contribution in [0.3, 0.4) is 0 Å². The molecule has 19 heteroatoms. The average molecular weight is 1200 g/mol. The Morgan fingerprint density at radius 2 is 0.494 bits per heavy atom. The van der Waals surface area contributed by atoms with E-state index < -0.39 is 97.5 Å². The first-order valence-corrected chi connectivity index (χ1v) is 35.8. The van der Waals surface area contributed by atoms with E-state index in [0.717, 1.165) is 96.3 Å². The number of phosphoric acid groups is 2. The Kier molecular flexibility index (Phi) is 55.8. The van der Waals surface area contributed by atoms with Gasteiger partial charge in [-0.05, 0) is 25.7 Å². The van der Waals surface area contributed by atoms with E-state index >= 15 is 0 Å². The van der Waals surface area contributed by atoms with Crippen molar-refractivity contribution in [3.63, 3.8) is 0 Å². The largest absolute Gasteiger partial charge is 0.472 e. The molecule has 0 bridgehead atoms. The van der Waals surface area contributed by atoms with E-state index in [1.54, 1.807) is 0 Å². The fraction of sp³-hybridized carbons (Fsp3) is 0.935. The zero-order valence-electron chi connectivity index (χ0n) is 51.7. The van der Waals surface area contributed by atoms with Gasteiger partial charge in [-0.1, -0.05) is 265 Å². The summed E-state index contributed by atoms with van der Waals surface area (Å²) < 4.78 is 67.7. The van der Waals surface area contributed by atoms with Crippen LogP contribution in [-0.4, -0.2) is 96.7 Å². The standard InChI is InChI=1S/C62H120O17P2/c1-5-9-13-17-20-23-25-26-27-28-29-31-34-37-41-45-49-62(67)79-58(53-73-60(65)47-43-39-35-33-30-24-21-18-14-10-6-2)55-77-81(70,71)75-51-56(63)50-74-80(68,69)76-54-57(52-72-59(64)46-42-38-16-12-8-4)78-61(66)48-44-40-36-32-22-19-15-11-7-3/h56-58,63H,5-55H2,1-4H3,(H,68,69)(H,70,71)/t56-,57+,58+/m0/s1. The summed E-state index contributed by atoms with van der Waals surface area (Å²) in [5, 5.41) is 10.5. The normalized spacial score (nSPS) is 14.2. The minimum Gasteiger partial charge on any atom is -0.462 e. The third-order valence-corrected chi connectivity index (χ3v) is 16.3. The predicted molar refractivity (Wildman–Crippen MR) is 322 cm³/mol. The highest BCUT2D eigenvalue weighted by atomic mass is 31.2. The van der Waals surface area contributed by atoms with Crippen molar-refractivity contribution in [2.24, 2.45) is 0 Å². The van der Waals surface area contributed by atoms with Crippen molar-refractivity contribution in [2.75, 3.05) is 39.6 Å². The first kappa shape index (κ1) is 79.1. The summed E-state index contributed by atoms with van der Waals surface area (Å²) in [7, 11) is -9.87. The fourth-order valence-corrected chi connectivity index (χ4v) is 10.9. The molecular formula is C62H120O17P2.